The van der Waals surface area contributed by atoms with E-state index in [1.165, 1.54) is 17.5 Å². The number of piperidine rings is 1. The average molecular weight is 565 g/mol. The van der Waals surface area contributed by atoms with Gasteiger partial charge in [-0.3, -0.25) is 9.10 Å². The van der Waals surface area contributed by atoms with Crippen molar-refractivity contribution in [1.82, 2.24) is 4.90 Å². The normalized spacial score (nSPS) is 14.6. The Balaban J connectivity index is 1.78. The van der Waals surface area contributed by atoms with Gasteiger partial charge in [-0.15, -0.1) is 0 Å². The van der Waals surface area contributed by atoms with E-state index in [-0.39, 0.29) is 22.4 Å². The van der Waals surface area contributed by atoms with Gasteiger partial charge in [0.2, 0.25) is 0 Å². The minimum absolute atomic E-state index is 0.0491. The van der Waals surface area contributed by atoms with Crippen molar-refractivity contribution < 1.29 is 22.7 Å². The highest BCUT2D eigenvalue weighted by molar-refractivity contribution is 7.93. The number of rotatable bonds is 13. The highest BCUT2D eigenvalue weighted by Crippen LogP contribution is 2.32. The number of hydrogen-bond donors (Lipinski definition) is 1. The first kappa shape index (κ1) is 29.6. The molecule has 1 heterocycles. The summed E-state index contributed by atoms with van der Waals surface area (Å²) in [6.07, 6.45) is 5.74. The zero-order valence-corrected chi connectivity index (χ0v) is 23.6. The van der Waals surface area contributed by atoms with Gasteiger partial charge in [0, 0.05) is 32.1 Å². The van der Waals surface area contributed by atoms with Crippen LogP contribution < -0.4 is 14.9 Å². The molecule has 1 saturated heterocycles. The summed E-state index contributed by atoms with van der Waals surface area (Å²) in [5.41, 5.74) is 1.40. The number of nitrogens with two attached hydrogens (primary N) is 1. The molecule has 0 spiro atoms. The van der Waals surface area contributed by atoms with Crippen molar-refractivity contribution in [3.63, 3.8) is 0 Å². The Morgan fingerprint density at radius 1 is 1.18 bits per heavy atom. The van der Waals surface area contributed by atoms with Crippen LogP contribution in [0.2, 0.25) is 5.02 Å². The number of likely N-dealkylation sites (tertiary alicyclic amines) is 1. The van der Waals surface area contributed by atoms with Gasteiger partial charge in [0.25, 0.3) is 10.0 Å². The molecule has 0 radical (unpaired) electrons. The molecule has 2 aromatic rings. The van der Waals surface area contributed by atoms with Crippen LogP contribution in [0.1, 0.15) is 44.1 Å². The Morgan fingerprint density at radius 2 is 1.92 bits per heavy atom. The Kier molecular flexibility index (Phi) is 11.1. The molecule has 11 heteroatoms. The van der Waals surface area contributed by atoms with Gasteiger partial charge in [-0.25, -0.2) is 8.42 Å². The molecule has 0 aromatic heterocycles. The third-order valence-electron chi connectivity index (χ3n) is 6.56. The van der Waals surface area contributed by atoms with Gasteiger partial charge in [0.05, 0.1) is 24.4 Å². The lowest BCUT2D eigenvalue weighted by Gasteiger charge is -2.30. The van der Waals surface area contributed by atoms with Crippen LogP contribution >= 0.6 is 11.6 Å². The van der Waals surface area contributed by atoms with Crippen molar-refractivity contribution in [1.29, 1.82) is 0 Å². The van der Waals surface area contributed by atoms with Crippen molar-refractivity contribution in [2.24, 2.45) is 16.9 Å². The predicted molar refractivity (Wildman–Crippen MR) is 150 cm³/mol. The predicted octanol–water partition coefficient (Wildman–Crippen LogP) is 4.57. The maximum atomic E-state index is 13.8. The van der Waals surface area contributed by atoms with Gasteiger partial charge in [-0.1, -0.05) is 30.2 Å². The Morgan fingerprint density at radius 3 is 2.61 bits per heavy atom. The summed E-state index contributed by atoms with van der Waals surface area (Å²) < 4.78 is 39.8. The Hall–Kier alpha value is -2.98. The van der Waals surface area contributed by atoms with Crippen molar-refractivity contribution in [3.05, 3.63) is 53.1 Å². The lowest BCUT2D eigenvalue weighted by Crippen LogP contribution is -2.35. The standard InChI is InChI=1S/C27H37ClN4O5S/c1-21-16-23(18-24(17-21)37-19-22-11-14-31(15-12-22)20-30-29)32(13-7-3-4-10-27(33)36-2)38(34,35)26-9-6-5-8-25(26)28/h5-6,8-9,16-18,20,22H,3-4,7,10-15,19,29H2,1-2H3. The first-order valence-corrected chi connectivity index (χ1v) is 14.6. The molecule has 1 aliphatic rings. The lowest BCUT2D eigenvalue weighted by atomic mass is 9.98. The molecule has 2 aromatic carbocycles. The van der Waals surface area contributed by atoms with Crippen LogP contribution in [0.25, 0.3) is 0 Å². The molecule has 1 aliphatic heterocycles. The summed E-state index contributed by atoms with van der Waals surface area (Å²) in [4.78, 5) is 13.6. The highest BCUT2D eigenvalue weighted by Gasteiger charge is 2.27. The van der Waals surface area contributed by atoms with Crippen molar-refractivity contribution >= 4 is 39.6 Å². The summed E-state index contributed by atoms with van der Waals surface area (Å²) in [6.45, 7) is 4.43. The second kappa shape index (κ2) is 14.2. The van der Waals surface area contributed by atoms with Gasteiger partial charge in [-0.05, 0) is 68.4 Å². The second-order valence-electron chi connectivity index (χ2n) is 9.45. The number of carbonyl (C=O) groups excluding carboxylic acids is 1. The maximum absolute atomic E-state index is 13.8. The molecule has 0 amide bonds. The number of ether oxygens (including phenoxy) is 2. The number of sulfonamides is 1. The first-order chi connectivity index (χ1) is 18.2. The van der Waals surface area contributed by atoms with Gasteiger partial charge in [0.15, 0.2) is 0 Å². The zero-order valence-electron chi connectivity index (χ0n) is 22.0. The molecule has 38 heavy (non-hydrogen) atoms. The zero-order chi connectivity index (χ0) is 27.5. The number of halogens is 1. The summed E-state index contributed by atoms with van der Waals surface area (Å²) in [5, 5.41) is 3.76. The third-order valence-corrected chi connectivity index (χ3v) is 8.89. The number of hydrogen-bond acceptors (Lipinski definition) is 7. The topological polar surface area (TPSA) is 115 Å². The fourth-order valence-corrected chi connectivity index (χ4v) is 6.45. The number of unbranched alkanes of at least 4 members (excludes halogenated alkanes) is 2. The molecule has 208 valence electrons. The number of aryl methyl sites for hydroxylation is 1. The Labute approximate surface area is 230 Å². The molecule has 9 nitrogen and oxygen atoms in total. The summed E-state index contributed by atoms with van der Waals surface area (Å²) in [5.74, 6) is 5.99. The van der Waals surface area contributed by atoms with Gasteiger partial charge in [0.1, 0.15) is 17.0 Å². The van der Waals surface area contributed by atoms with Crippen molar-refractivity contribution in [2.75, 3.05) is 37.7 Å². The third kappa shape index (κ3) is 8.26. The minimum atomic E-state index is -3.95. The molecule has 0 bridgehead atoms. The Bertz CT molecular complexity index is 1200. The quantitative estimate of drug-likeness (QED) is 0.0946. The monoisotopic (exact) mass is 564 g/mol. The number of nitrogens with zero attached hydrogens (tertiary/aromatic N) is 3. The molecular formula is C27H37ClN4O5S. The molecular weight excluding hydrogens is 528 g/mol. The van der Waals surface area contributed by atoms with E-state index in [0.29, 0.717) is 49.6 Å². The number of methoxy groups -OCH3 is 1. The van der Waals surface area contributed by atoms with Crippen LogP contribution in [0.3, 0.4) is 0 Å². The highest BCUT2D eigenvalue weighted by atomic mass is 35.5. The number of esters is 1. The second-order valence-corrected chi connectivity index (χ2v) is 11.7. The van der Waals surface area contributed by atoms with Crippen LogP contribution in [0.5, 0.6) is 5.75 Å². The minimum Gasteiger partial charge on any atom is -0.493 e. The number of hydrazone groups is 1. The van der Waals surface area contributed by atoms with Crippen LogP contribution in [0.4, 0.5) is 5.69 Å². The van der Waals surface area contributed by atoms with Crippen LogP contribution in [-0.4, -0.2) is 59.0 Å². The molecule has 0 saturated carbocycles. The average Bonchev–Trinajstić information content (AvgIpc) is 2.90. The first-order valence-electron chi connectivity index (χ1n) is 12.8. The van der Waals surface area contributed by atoms with E-state index >= 15 is 0 Å². The molecule has 0 unspecified atom stereocenters. The van der Waals surface area contributed by atoms with Gasteiger partial charge in [-0.2, -0.15) is 5.10 Å². The van der Waals surface area contributed by atoms with E-state index in [4.69, 9.17) is 26.9 Å². The van der Waals surface area contributed by atoms with E-state index in [0.717, 1.165) is 31.5 Å². The molecule has 3 rings (SSSR count). The van der Waals surface area contributed by atoms with E-state index in [2.05, 4.69) is 10.0 Å². The van der Waals surface area contributed by atoms with Crippen molar-refractivity contribution in [3.8, 4) is 5.75 Å². The van der Waals surface area contributed by atoms with Gasteiger partial charge < -0.3 is 20.2 Å². The SMILES string of the molecule is COC(=O)CCCCCN(c1cc(C)cc(OCC2CCN(C=NN)CC2)c1)S(=O)(=O)c1ccccc1Cl. The van der Waals surface area contributed by atoms with Crippen molar-refractivity contribution in [2.45, 2.75) is 50.3 Å². The fraction of sp³-hybridized carbons (Fsp3) is 0.481. The smallest absolute Gasteiger partial charge is 0.305 e. The van der Waals surface area contributed by atoms with Crippen LogP contribution in [0, 0.1) is 12.8 Å². The summed E-state index contributed by atoms with van der Waals surface area (Å²) >= 11 is 6.30. The summed E-state index contributed by atoms with van der Waals surface area (Å²) in [7, 11) is -2.59. The number of carbonyl (C=O) groups is 1. The fourth-order valence-electron chi connectivity index (χ4n) is 4.46. The van der Waals surface area contributed by atoms with E-state index in [1.807, 2.05) is 19.1 Å². The van der Waals surface area contributed by atoms with Crippen LogP contribution in [0.15, 0.2) is 52.5 Å². The van der Waals surface area contributed by atoms with Crippen LogP contribution in [-0.2, 0) is 19.6 Å². The van der Waals surface area contributed by atoms with E-state index in [1.54, 1.807) is 30.6 Å². The molecule has 2 N–H and O–H groups in total. The van der Waals surface area contributed by atoms with E-state index in [9.17, 15) is 13.2 Å². The summed E-state index contributed by atoms with van der Waals surface area (Å²) in [6, 6.07) is 11.9. The maximum Gasteiger partial charge on any atom is 0.305 e. The molecule has 0 atom stereocenters. The van der Waals surface area contributed by atoms with Gasteiger partial charge >= 0.3 is 5.97 Å². The lowest BCUT2D eigenvalue weighted by molar-refractivity contribution is -0.140. The molecule has 1 fully saturated rings. The molecule has 0 aliphatic carbocycles. The van der Waals surface area contributed by atoms with E-state index < -0.39 is 10.0 Å². The largest absolute Gasteiger partial charge is 0.493 e. The number of anilines is 1. The number of benzene rings is 2.